The first-order valence-corrected chi connectivity index (χ1v) is 8.70. The van der Waals surface area contributed by atoms with Crippen molar-refractivity contribution in [2.45, 2.75) is 65.1 Å². The smallest absolute Gasteiger partial charge is 0.334 e. The van der Waals surface area contributed by atoms with E-state index < -0.39 is 24.1 Å². The van der Waals surface area contributed by atoms with Gasteiger partial charge >= 0.3 is 5.97 Å². The molecule has 1 aliphatic carbocycles. The number of ketones is 1. The molecule has 0 bridgehead atoms. The molecule has 4 nitrogen and oxygen atoms in total. The van der Waals surface area contributed by atoms with Crippen LogP contribution in [0.2, 0.25) is 0 Å². The molecule has 4 unspecified atom stereocenters. The summed E-state index contributed by atoms with van der Waals surface area (Å²) in [5.74, 6) is -1.09. The van der Waals surface area contributed by atoms with Gasteiger partial charge in [-0.25, -0.2) is 4.79 Å². The number of rotatable bonds is 1. The summed E-state index contributed by atoms with van der Waals surface area (Å²) in [5.41, 5.74) is 2.81. The first kappa shape index (κ1) is 18.7. The van der Waals surface area contributed by atoms with E-state index in [0.29, 0.717) is 18.4 Å². The molecule has 24 heavy (non-hydrogen) atoms. The fraction of sp³-hybridized carbons (Fsp3) is 0.600. The topological polar surface area (TPSA) is 63.6 Å². The Hall–Kier alpha value is -1.68. The summed E-state index contributed by atoms with van der Waals surface area (Å²) in [5, 5.41) is 10.6. The largest absolute Gasteiger partial charge is 0.454 e. The SMILES string of the molecule is C=C1C(=O)OC2C=C(C)CCC=C(C)CCC(C(C)=O)C(O)CC12. The maximum absolute atomic E-state index is 12.0. The summed E-state index contributed by atoms with van der Waals surface area (Å²) in [7, 11) is 0. The van der Waals surface area contributed by atoms with Crippen LogP contribution >= 0.6 is 0 Å². The van der Waals surface area contributed by atoms with Gasteiger partial charge in [-0.3, -0.25) is 4.79 Å². The van der Waals surface area contributed by atoms with E-state index in [4.69, 9.17) is 4.74 Å². The minimum atomic E-state index is -0.788. The van der Waals surface area contributed by atoms with Gasteiger partial charge < -0.3 is 9.84 Å². The van der Waals surface area contributed by atoms with E-state index in [2.05, 4.69) is 19.6 Å². The number of esters is 1. The Morgan fingerprint density at radius 1 is 1.29 bits per heavy atom. The number of aliphatic hydroxyl groups excluding tert-OH is 1. The molecule has 0 spiro atoms. The van der Waals surface area contributed by atoms with E-state index in [1.54, 1.807) is 0 Å². The van der Waals surface area contributed by atoms with Crippen LogP contribution in [0.15, 0.2) is 35.5 Å². The minimum Gasteiger partial charge on any atom is -0.454 e. The fourth-order valence-corrected chi connectivity index (χ4v) is 3.54. The Bertz CT molecular complexity index is 584. The normalized spacial score (nSPS) is 32.5. The highest BCUT2D eigenvalue weighted by Gasteiger charge is 2.40. The maximum atomic E-state index is 12.0. The van der Waals surface area contributed by atoms with Crippen LogP contribution in [0.1, 0.15) is 52.9 Å². The van der Waals surface area contributed by atoms with Crippen LogP contribution in [-0.2, 0) is 14.3 Å². The van der Waals surface area contributed by atoms with Gasteiger partial charge in [0, 0.05) is 17.4 Å². The van der Waals surface area contributed by atoms with Crippen molar-refractivity contribution in [3.8, 4) is 0 Å². The molecule has 4 heteroatoms. The van der Waals surface area contributed by atoms with E-state index in [1.807, 2.05) is 13.0 Å². The van der Waals surface area contributed by atoms with E-state index in [9.17, 15) is 14.7 Å². The van der Waals surface area contributed by atoms with Crippen LogP contribution in [0.5, 0.6) is 0 Å². The number of hydrogen-bond donors (Lipinski definition) is 1. The molecular formula is C20H28O4. The average molecular weight is 332 g/mol. The number of Topliss-reactive ketones (excluding diaryl/α,β-unsaturated/α-hetero) is 1. The van der Waals surface area contributed by atoms with Crippen molar-refractivity contribution < 1.29 is 19.4 Å². The predicted molar refractivity (Wildman–Crippen MR) is 93.3 cm³/mol. The van der Waals surface area contributed by atoms with E-state index in [1.165, 1.54) is 12.5 Å². The summed E-state index contributed by atoms with van der Waals surface area (Å²) >= 11 is 0. The first-order chi connectivity index (χ1) is 11.3. The Morgan fingerprint density at radius 3 is 2.67 bits per heavy atom. The highest BCUT2D eigenvalue weighted by molar-refractivity contribution is 5.91. The molecule has 2 rings (SSSR count). The summed E-state index contributed by atoms with van der Waals surface area (Å²) in [6.07, 6.45) is 6.57. The van der Waals surface area contributed by atoms with Gasteiger partial charge in [0.15, 0.2) is 0 Å². The third-order valence-electron chi connectivity index (χ3n) is 5.16. The van der Waals surface area contributed by atoms with E-state index in [-0.39, 0.29) is 11.7 Å². The molecule has 1 fully saturated rings. The lowest BCUT2D eigenvalue weighted by Gasteiger charge is -2.24. The number of ether oxygens (including phenoxy) is 1. The molecule has 2 aliphatic rings. The molecule has 0 radical (unpaired) electrons. The molecule has 132 valence electrons. The van der Waals surface area contributed by atoms with Crippen molar-refractivity contribution >= 4 is 11.8 Å². The summed E-state index contributed by atoms with van der Waals surface area (Å²) < 4.78 is 5.42. The second-order valence-electron chi connectivity index (χ2n) is 7.16. The minimum absolute atomic E-state index is 0.00991. The molecule has 1 aliphatic heterocycles. The van der Waals surface area contributed by atoms with Crippen LogP contribution in [0, 0.1) is 11.8 Å². The second kappa shape index (κ2) is 7.93. The van der Waals surface area contributed by atoms with Crippen molar-refractivity contribution in [1.29, 1.82) is 0 Å². The number of carbonyl (C=O) groups excluding carboxylic acids is 2. The predicted octanol–water partition coefficient (Wildman–Crippen LogP) is 3.51. The zero-order chi connectivity index (χ0) is 17.9. The van der Waals surface area contributed by atoms with Gasteiger partial charge in [-0.1, -0.05) is 23.8 Å². The lowest BCUT2D eigenvalue weighted by molar-refractivity contribution is -0.137. The number of hydrogen-bond acceptors (Lipinski definition) is 4. The molecule has 4 atom stereocenters. The quantitative estimate of drug-likeness (QED) is 0.453. The number of allylic oxidation sites excluding steroid dienone is 3. The Labute approximate surface area is 144 Å². The monoisotopic (exact) mass is 332 g/mol. The third-order valence-corrected chi connectivity index (χ3v) is 5.16. The molecule has 0 aromatic rings. The van der Waals surface area contributed by atoms with Crippen LogP contribution < -0.4 is 0 Å². The zero-order valence-corrected chi connectivity index (χ0v) is 14.9. The average Bonchev–Trinajstić information content (AvgIpc) is 2.74. The van der Waals surface area contributed by atoms with Crippen LogP contribution in [0.3, 0.4) is 0 Å². The van der Waals surface area contributed by atoms with Crippen molar-refractivity contribution in [2.24, 2.45) is 11.8 Å². The lowest BCUT2D eigenvalue weighted by Crippen LogP contribution is -2.31. The maximum Gasteiger partial charge on any atom is 0.334 e. The molecule has 0 aromatic heterocycles. The highest BCUT2D eigenvalue weighted by atomic mass is 16.6. The van der Waals surface area contributed by atoms with Crippen LogP contribution in [-0.4, -0.2) is 29.1 Å². The van der Waals surface area contributed by atoms with Gasteiger partial charge in [0.1, 0.15) is 11.9 Å². The number of fused-ring (bicyclic) bond motifs is 1. The van der Waals surface area contributed by atoms with Crippen molar-refractivity contribution in [2.75, 3.05) is 0 Å². The lowest BCUT2D eigenvalue weighted by atomic mass is 9.82. The van der Waals surface area contributed by atoms with Crippen LogP contribution in [0.25, 0.3) is 0 Å². The Morgan fingerprint density at radius 2 is 2.00 bits per heavy atom. The summed E-state index contributed by atoms with van der Waals surface area (Å²) in [6, 6.07) is 0. The van der Waals surface area contributed by atoms with Gasteiger partial charge in [0.05, 0.1) is 6.10 Å². The van der Waals surface area contributed by atoms with Crippen molar-refractivity contribution in [3.63, 3.8) is 0 Å². The number of aliphatic hydroxyl groups is 1. The first-order valence-electron chi connectivity index (χ1n) is 8.70. The Kier molecular flexibility index (Phi) is 6.16. The standard InChI is InChI=1S/C20H28O4/c1-12-6-5-7-13(2)10-19-17(14(3)20(23)24-19)11-18(22)16(9-8-12)15(4)21/h6,10,16-19,22H,3,5,7-9,11H2,1-2,4H3. The van der Waals surface area contributed by atoms with Gasteiger partial charge in [-0.15, -0.1) is 0 Å². The summed E-state index contributed by atoms with van der Waals surface area (Å²) in [6.45, 7) is 9.46. The van der Waals surface area contributed by atoms with Crippen molar-refractivity contribution in [3.05, 3.63) is 35.5 Å². The molecular weight excluding hydrogens is 304 g/mol. The van der Waals surface area contributed by atoms with E-state index in [0.717, 1.165) is 24.8 Å². The number of carbonyl (C=O) groups is 2. The third kappa shape index (κ3) is 4.44. The zero-order valence-electron chi connectivity index (χ0n) is 14.9. The van der Waals surface area contributed by atoms with Gasteiger partial charge in [-0.05, 0) is 59.0 Å². The molecule has 1 saturated heterocycles. The molecule has 1 N–H and O–H groups in total. The Balaban J connectivity index is 2.30. The van der Waals surface area contributed by atoms with Crippen molar-refractivity contribution in [1.82, 2.24) is 0 Å². The fourth-order valence-electron chi connectivity index (χ4n) is 3.54. The van der Waals surface area contributed by atoms with Gasteiger partial charge in [0.25, 0.3) is 0 Å². The van der Waals surface area contributed by atoms with E-state index >= 15 is 0 Å². The van der Waals surface area contributed by atoms with Gasteiger partial charge in [0.2, 0.25) is 0 Å². The molecule has 0 aromatic carbocycles. The molecule has 0 amide bonds. The molecule has 1 heterocycles. The second-order valence-corrected chi connectivity index (χ2v) is 7.16. The summed E-state index contributed by atoms with van der Waals surface area (Å²) in [4.78, 5) is 23.9. The molecule has 0 saturated carbocycles. The van der Waals surface area contributed by atoms with Crippen LogP contribution in [0.4, 0.5) is 0 Å². The highest BCUT2D eigenvalue weighted by Crippen LogP contribution is 2.35. The van der Waals surface area contributed by atoms with Gasteiger partial charge in [-0.2, -0.15) is 0 Å².